The predicted octanol–water partition coefficient (Wildman–Crippen LogP) is 3.84. The topological polar surface area (TPSA) is 62.1 Å². The fourth-order valence-electron chi connectivity index (χ4n) is 2.68. The summed E-state index contributed by atoms with van der Waals surface area (Å²) in [5, 5.41) is 12.1. The molecule has 4 heteroatoms. The molecule has 3 aromatic rings. The maximum atomic E-state index is 12.5. The number of nitrogens with one attached hydrogen (secondary N) is 1. The average molecular weight is 342 g/mol. The monoisotopic (exact) mass is 342 g/mol. The first-order valence-electron chi connectivity index (χ1n) is 8.29. The second-order valence-corrected chi connectivity index (χ2v) is 5.72. The number of hydrogen-bond acceptors (Lipinski definition) is 3. The van der Waals surface area contributed by atoms with Crippen LogP contribution in [0.2, 0.25) is 0 Å². The summed E-state index contributed by atoms with van der Waals surface area (Å²) in [7, 11) is 0. The first-order valence-corrected chi connectivity index (χ1v) is 8.29. The molecule has 0 aliphatic rings. The first kappa shape index (κ1) is 17.2. The molecule has 0 atom stereocenters. The van der Waals surface area contributed by atoms with Crippen LogP contribution in [0.3, 0.4) is 0 Å². The van der Waals surface area contributed by atoms with Crippen LogP contribution in [0.4, 0.5) is 0 Å². The number of carbonyl (C=O) groups excluding carboxylic acids is 1. The van der Waals surface area contributed by atoms with Crippen molar-refractivity contribution in [2.45, 2.75) is 6.04 Å². The molecule has 0 aromatic heterocycles. The number of ether oxygens (including phenoxy) is 1. The van der Waals surface area contributed by atoms with Gasteiger partial charge in [-0.15, -0.1) is 0 Å². The highest BCUT2D eigenvalue weighted by atomic mass is 16.5. The number of rotatable bonds is 6. The lowest BCUT2D eigenvalue weighted by atomic mass is 9.99. The predicted molar refractivity (Wildman–Crippen MR) is 99.5 cm³/mol. The smallest absolute Gasteiger partial charge is 0.258 e. The molecular formula is C22H18N2O2. The third-order valence-corrected chi connectivity index (χ3v) is 3.94. The highest BCUT2D eigenvalue weighted by Gasteiger charge is 2.17. The summed E-state index contributed by atoms with van der Waals surface area (Å²) in [4.78, 5) is 12.5. The van der Waals surface area contributed by atoms with Crippen molar-refractivity contribution in [3.63, 3.8) is 0 Å². The third kappa shape index (κ3) is 4.28. The van der Waals surface area contributed by atoms with E-state index in [1.807, 2.05) is 60.7 Å². The minimum atomic E-state index is -0.264. The number of nitrogens with zero attached hydrogens (tertiary/aromatic N) is 1. The first-order chi connectivity index (χ1) is 12.8. The van der Waals surface area contributed by atoms with E-state index in [9.17, 15) is 4.79 Å². The third-order valence-electron chi connectivity index (χ3n) is 3.94. The van der Waals surface area contributed by atoms with E-state index in [1.54, 1.807) is 24.3 Å². The normalized spacial score (nSPS) is 10.2. The Hall–Kier alpha value is -3.58. The van der Waals surface area contributed by atoms with E-state index < -0.39 is 0 Å². The number of hydrogen-bond donors (Lipinski definition) is 1. The van der Waals surface area contributed by atoms with Gasteiger partial charge in [0.2, 0.25) is 0 Å². The lowest BCUT2D eigenvalue weighted by Crippen LogP contribution is -2.33. The van der Waals surface area contributed by atoms with Gasteiger partial charge in [-0.1, -0.05) is 72.8 Å². The number of benzene rings is 3. The van der Waals surface area contributed by atoms with Crippen molar-refractivity contribution in [3.8, 4) is 11.8 Å². The Morgan fingerprint density at radius 2 is 1.42 bits per heavy atom. The molecule has 0 heterocycles. The molecular weight excluding hydrogens is 324 g/mol. The molecule has 1 N–H and O–H groups in total. The molecule has 0 bridgehead atoms. The number of nitriles is 1. The lowest BCUT2D eigenvalue weighted by Gasteiger charge is -2.20. The van der Waals surface area contributed by atoms with E-state index in [4.69, 9.17) is 10.00 Å². The summed E-state index contributed by atoms with van der Waals surface area (Å²) in [6.45, 7) is -0.158. The fraction of sp³-hybridized carbons (Fsp3) is 0.0909. The minimum Gasteiger partial charge on any atom is -0.482 e. The van der Waals surface area contributed by atoms with Gasteiger partial charge in [-0.05, 0) is 23.3 Å². The Morgan fingerprint density at radius 1 is 0.885 bits per heavy atom. The summed E-state index contributed by atoms with van der Waals surface area (Å²) in [5.41, 5.74) is 2.39. The molecule has 3 aromatic carbocycles. The maximum Gasteiger partial charge on any atom is 0.258 e. The Bertz CT molecular complexity index is 863. The van der Waals surface area contributed by atoms with Gasteiger partial charge in [0.05, 0.1) is 11.6 Å². The van der Waals surface area contributed by atoms with E-state index in [1.165, 1.54) is 0 Å². The lowest BCUT2D eigenvalue weighted by molar-refractivity contribution is -0.123. The van der Waals surface area contributed by atoms with Gasteiger partial charge in [0, 0.05) is 0 Å². The van der Waals surface area contributed by atoms with Gasteiger partial charge in [-0.25, -0.2) is 0 Å². The van der Waals surface area contributed by atoms with Crippen LogP contribution in [-0.4, -0.2) is 12.5 Å². The van der Waals surface area contributed by atoms with Crippen molar-refractivity contribution in [1.29, 1.82) is 5.26 Å². The Kier molecular flexibility index (Phi) is 5.64. The van der Waals surface area contributed by atoms with E-state index in [2.05, 4.69) is 11.4 Å². The maximum absolute atomic E-state index is 12.5. The van der Waals surface area contributed by atoms with Crippen molar-refractivity contribution < 1.29 is 9.53 Å². The molecule has 128 valence electrons. The summed E-state index contributed by atoms with van der Waals surface area (Å²) in [6, 6.07) is 28.2. The summed E-state index contributed by atoms with van der Waals surface area (Å²) < 4.78 is 5.53. The van der Waals surface area contributed by atoms with Crippen LogP contribution in [0.1, 0.15) is 22.7 Å². The average Bonchev–Trinajstić information content (AvgIpc) is 2.72. The highest BCUT2D eigenvalue weighted by molar-refractivity contribution is 5.78. The van der Waals surface area contributed by atoms with Gasteiger partial charge < -0.3 is 10.1 Å². The van der Waals surface area contributed by atoms with Crippen LogP contribution < -0.4 is 10.1 Å². The van der Waals surface area contributed by atoms with Crippen molar-refractivity contribution in [1.82, 2.24) is 5.32 Å². The minimum absolute atomic E-state index is 0.158. The molecule has 0 radical (unpaired) electrons. The molecule has 0 saturated carbocycles. The van der Waals surface area contributed by atoms with E-state index >= 15 is 0 Å². The van der Waals surface area contributed by atoms with Crippen LogP contribution in [0.5, 0.6) is 5.75 Å². The molecule has 0 fully saturated rings. The van der Waals surface area contributed by atoms with Gasteiger partial charge in [-0.2, -0.15) is 5.26 Å². The summed E-state index contributed by atoms with van der Waals surface area (Å²) >= 11 is 0. The van der Waals surface area contributed by atoms with Crippen molar-refractivity contribution in [2.75, 3.05) is 6.61 Å². The van der Waals surface area contributed by atoms with Gasteiger partial charge in [0.15, 0.2) is 6.61 Å². The van der Waals surface area contributed by atoms with E-state index in [0.29, 0.717) is 11.3 Å². The second kappa shape index (κ2) is 8.50. The molecule has 26 heavy (non-hydrogen) atoms. The molecule has 0 aliphatic carbocycles. The van der Waals surface area contributed by atoms with Gasteiger partial charge >= 0.3 is 0 Å². The molecule has 0 aliphatic heterocycles. The fourth-order valence-corrected chi connectivity index (χ4v) is 2.68. The second-order valence-electron chi connectivity index (χ2n) is 5.72. The van der Waals surface area contributed by atoms with Gasteiger partial charge in [-0.3, -0.25) is 4.79 Å². The van der Waals surface area contributed by atoms with E-state index in [0.717, 1.165) is 11.1 Å². The van der Waals surface area contributed by atoms with Crippen LogP contribution in [0, 0.1) is 11.3 Å². The van der Waals surface area contributed by atoms with Gasteiger partial charge in [0.25, 0.3) is 5.91 Å². The Labute approximate surface area is 152 Å². The zero-order chi connectivity index (χ0) is 18.2. The largest absolute Gasteiger partial charge is 0.482 e. The number of amides is 1. The molecule has 0 saturated heterocycles. The molecule has 4 nitrogen and oxygen atoms in total. The number of carbonyl (C=O) groups is 1. The van der Waals surface area contributed by atoms with Crippen molar-refractivity contribution in [2.24, 2.45) is 0 Å². The Balaban J connectivity index is 1.73. The van der Waals surface area contributed by atoms with Crippen molar-refractivity contribution >= 4 is 5.91 Å². The molecule has 0 spiro atoms. The van der Waals surface area contributed by atoms with E-state index in [-0.39, 0.29) is 18.6 Å². The Morgan fingerprint density at radius 3 is 2.00 bits per heavy atom. The van der Waals surface area contributed by atoms with Crippen LogP contribution in [-0.2, 0) is 4.79 Å². The van der Waals surface area contributed by atoms with Crippen LogP contribution in [0.25, 0.3) is 0 Å². The molecule has 3 rings (SSSR count). The zero-order valence-electron chi connectivity index (χ0n) is 14.1. The summed E-state index contributed by atoms with van der Waals surface area (Å²) in [5.74, 6) is 0.150. The number of para-hydroxylation sites is 1. The highest BCUT2D eigenvalue weighted by Crippen LogP contribution is 2.22. The molecule has 0 unspecified atom stereocenters. The van der Waals surface area contributed by atoms with Gasteiger partial charge in [0.1, 0.15) is 11.8 Å². The SMILES string of the molecule is N#Cc1ccccc1OCC(=O)NC(c1ccccc1)c1ccccc1. The molecule has 1 amide bonds. The summed E-state index contributed by atoms with van der Waals surface area (Å²) in [6.07, 6.45) is 0. The standard InChI is InChI=1S/C22H18N2O2/c23-15-19-13-7-8-14-20(19)26-16-21(25)24-22(17-9-3-1-4-10-17)18-11-5-2-6-12-18/h1-14,22H,16H2,(H,24,25). The van der Waals surface area contributed by atoms with Crippen molar-refractivity contribution in [3.05, 3.63) is 102 Å². The van der Waals surface area contributed by atoms with Crippen LogP contribution in [0.15, 0.2) is 84.9 Å². The zero-order valence-corrected chi connectivity index (χ0v) is 14.1. The quantitative estimate of drug-likeness (QED) is 0.740. The van der Waals surface area contributed by atoms with Crippen LogP contribution >= 0.6 is 0 Å².